The number of thiophene rings is 1. The molecule has 3 rings (SSSR count). The van der Waals surface area contributed by atoms with Crippen molar-refractivity contribution in [2.24, 2.45) is 0 Å². The van der Waals surface area contributed by atoms with E-state index >= 15 is 0 Å². The van der Waals surface area contributed by atoms with Gasteiger partial charge in [0, 0.05) is 0 Å². The number of rotatable bonds is 5. The van der Waals surface area contributed by atoms with Gasteiger partial charge in [0.05, 0.1) is 18.3 Å². The predicted octanol–water partition coefficient (Wildman–Crippen LogP) is 3.20. The molecule has 0 fully saturated rings. The van der Waals surface area contributed by atoms with Crippen molar-refractivity contribution < 1.29 is 9.84 Å². The third-order valence-corrected chi connectivity index (χ3v) is 4.80. The number of nitrogens with zero attached hydrogens (tertiary/aromatic N) is 2. The van der Waals surface area contributed by atoms with E-state index in [9.17, 15) is 9.90 Å². The number of fused-ring (bicyclic) bond motifs is 1. The molecule has 1 N–H and O–H groups in total. The zero-order chi connectivity index (χ0) is 18.0. The van der Waals surface area contributed by atoms with Gasteiger partial charge in [0.15, 0.2) is 0 Å². The minimum Gasteiger partial charge on any atom is -0.491 e. The molecule has 0 aliphatic carbocycles. The molecule has 0 spiro atoms. The molecule has 0 bridgehead atoms. The Bertz CT molecular complexity index is 924. The van der Waals surface area contributed by atoms with E-state index in [2.05, 4.69) is 25.8 Å². The Balaban J connectivity index is 1.70. The Morgan fingerprint density at radius 2 is 2.04 bits per heavy atom. The van der Waals surface area contributed by atoms with E-state index in [1.165, 1.54) is 22.2 Å². The van der Waals surface area contributed by atoms with E-state index in [0.29, 0.717) is 10.2 Å². The van der Waals surface area contributed by atoms with E-state index < -0.39 is 6.10 Å². The molecule has 1 aromatic carbocycles. The summed E-state index contributed by atoms with van der Waals surface area (Å²) >= 11 is 1.43. The summed E-state index contributed by atoms with van der Waals surface area (Å²) in [4.78, 5) is 17.3. The minimum atomic E-state index is -0.802. The average Bonchev–Trinajstić information content (AvgIpc) is 3.04. The fraction of sp³-hybridized carbons (Fsp3) is 0.368. The van der Waals surface area contributed by atoms with Crippen molar-refractivity contribution >= 4 is 21.6 Å². The van der Waals surface area contributed by atoms with Crippen molar-refractivity contribution in [1.82, 2.24) is 9.55 Å². The second-order valence-electron chi connectivity index (χ2n) is 7.05. The van der Waals surface area contributed by atoms with Gasteiger partial charge in [0.1, 0.15) is 23.3 Å². The van der Waals surface area contributed by atoms with Crippen LogP contribution in [0.4, 0.5) is 0 Å². The van der Waals surface area contributed by atoms with E-state index in [1.54, 1.807) is 6.07 Å². The van der Waals surface area contributed by atoms with Crippen molar-refractivity contribution in [3.63, 3.8) is 0 Å². The third kappa shape index (κ3) is 3.91. The van der Waals surface area contributed by atoms with Gasteiger partial charge in [0.2, 0.25) is 0 Å². The Morgan fingerprint density at radius 1 is 1.28 bits per heavy atom. The highest BCUT2D eigenvalue weighted by Crippen LogP contribution is 2.30. The number of benzene rings is 1. The van der Waals surface area contributed by atoms with Crippen LogP contribution in [0.3, 0.4) is 0 Å². The molecule has 0 aliphatic heterocycles. The van der Waals surface area contributed by atoms with Crippen LogP contribution in [0, 0.1) is 0 Å². The van der Waals surface area contributed by atoms with Gasteiger partial charge in [-0.05, 0) is 28.5 Å². The van der Waals surface area contributed by atoms with E-state index in [4.69, 9.17) is 4.74 Å². The Hall–Kier alpha value is -2.18. The van der Waals surface area contributed by atoms with Crippen LogP contribution < -0.4 is 10.3 Å². The lowest BCUT2D eigenvalue weighted by Crippen LogP contribution is -2.30. The van der Waals surface area contributed by atoms with Crippen molar-refractivity contribution in [3.8, 4) is 5.75 Å². The molecular weight excluding hydrogens is 336 g/mol. The molecule has 0 saturated heterocycles. The first kappa shape index (κ1) is 17.6. The number of ether oxygens (including phenoxy) is 1. The summed E-state index contributed by atoms with van der Waals surface area (Å²) in [5.41, 5.74) is 0.896. The molecule has 132 valence electrons. The Morgan fingerprint density at radius 3 is 2.80 bits per heavy atom. The molecule has 2 aromatic heterocycles. The lowest BCUT2D eigenvalue weighted by Gasteiger charge is -2.23. The van der Waals surface area contributed by atoms with Crippen LogP contribution in [0.15, 0.2) is 46.8 Å². The summed E-state index contributed by atoms with van der Waals surface area (Å²) in [5, 5.41) is 12.7. The number of aliphatic hydroxyl groups excluding tert-OH is 1. The topological polar surface area (TPSA) is 64.3 Å². The zero-order valence-electron chi connectivity index (χ0n) is 14.6. The van der Waals surface area contributed by atoms with Crippen LogP contribution in [-0.2, 0) is 12.0 Å². The molecule has 0 amide bonds. The molecule has 25 heavy (non-hydrogen) atoms. The van der Waals surface area contributed by atoms with E-state index in [0.717, 1.165) is 11.3 Å². The normalized spacial score (nSPS) is 13.1. The predicted molar refractivity (Wildman–Crippen MR) is 101 cm³/mol. The van der Waals surface area contributed by atoms with E-state index in [1.807, 2.05) is 29.6 Å². The van der Waals surface area contributed by atoms with Crippen LogP contribution in [0.5, 0.6) is 5.75 Å². The second-order valence-corrected chi connectivity index (χ2v) is 7.95. The van der Waals surface area contributed by atoms with Gasteiger partial charge in [0.25, 0.3) is 5.56 Å². The largest absolute Gasteiger partial charge is 0.491 e. The molecule has 0 saturated carbocycles. The molecule has 1 atom stereocenters. The first-order chi connectivity index (χ1) is 11.9. The van der Waals surface area contributed by atoms with Crippen molar-refractivity contribution in [3.05, 3.63) is 58.0 Å². The third-order valence-electron chi connectivity index (χ3n) is 3.98. The first-order valence-electron chi connectivity index (χ1n) is 8.19. The number of hydrogen-bond donors (Lipinski definition) is 1. The summed E-state index contributed by atoms with van der Waals surface area (Å²) in [6, 6.07) is 9.58. The van der Waals surface area contributed by atoms with E-state index in [-0.39, 0.29) is 24.1 Å². The summed E-state index contributed by atoms with van der Waals surface area (Å²) in [5.74, 6) is 0.757. The quantitative estimate of drug-likeness (QED) is 0.761. The van der Waals surface area contributed by atoms with Gasteiger partial charge in [-0.1, -0.05) is 39.0 Å². The highest BCUT2D eigenvalue weighted by molar-refractivity contribution is 7.16. The molecular formula is C19H22N2O3S. The maximum atomic E-state index is 12.4. The van der Waals surface area contributed by atoms with Crippen LogP contribution in [0.25, 0.3) is 10.2 Å². The highest BCUT2D eigenvalue weighted by Gasteiger charge is 2.19. The van der Waals surface area contributed by atoms with Gasteiger partial charge in [-0.3, -0.25) is 9.36 Å². The smallest absolute Gasteiger partial charge is 0.262 e. The highest BCUT2D eigenvalue weighted by atomic mass is 32.1. The zero-order valence-corrected chi connectivity index (χ0v) is 15.4. The molecule has 6 heteroatoms. The minimum absolute atomic E-state index is 0.0492. The fourth-order valence-electron chi connectivity index (χ4n) is 2.70. The summed E-state index contributed by atoms with van der Waals surface area (Å²) in [6.45, 7) is 6.61. The maximum Gasteiger partial charge on any atom is 0.262 e. The lowest BCUT2D eigenvalue weighted by atomic mass is 9.86. The van der Waals surface area contributed by atoms with Crippen LogP contribution in [0.2, 0.25) is 0 Å². The first-order valence-corrected chi connectivity index (χ1v) is 9.07. The lowest BCUT2D eigenvalue weighted by molar-refractivity contribution is 0.0905. The Kier molecular flexibility index (Phi) is 4.92. The van der Waals surface area contributed by atoms with Crippen LogP contribution in [0.1, 0.15) is 26.3 Å². The molecule has 0 unspecified atom stereocenters. The van der Waals surface area contributed by atoms with Gasteiger partial charge in [-0.25, -0.2) is 4.98 Å². The second kappa shape index (κ2) is 6.98. The SMILES string of the molecule is CC(C)(C)c1ccccc1OC[C@H](O)Cn1cnc2sccc2c1=O. The molecule has 2 heterocycles. The van der Waals surface area contributed by atoms with Gasteiger partial charge < -0.3 is 9.84 Å². The standard InChI is InChI=1S/C19H22N2O3S/c1-19(2,3)15-6-4-5-7-16(15)24-11-13(22)10-21-12-20-17-14(18(21)23)8-9-25-17/h4-9,12-13,22H,10-11H2,1-3H3/t13-/m1/s1. The number of para-hydroxylation sites is 1. The summed E-state index contributed by atoms with van der Waals surface area (Å²) in [6.07, 6.45) is 0.677. The number of aromatic nitrogens is 2. The summed E-state index contributed by atoms with van der Waals surface area (Å²) < 4.78 is 7.26. The van der Waals surface area contributed by atoms with Crippen LogP contribution >= 0.6 is 11.3 Å². The fourth-order valence-corrected chi connectivity index (χ4v) is 3.42. The van der Waals surface area contributed by atoms with Crippen molar-refractivity contribution in [1.29, 1.82) is 0 Å². The monoisotopic (exact) mass is 358 g/mol. The van der Waals surface area contributed by atoms with Crippen molar-refractivity contribution in [2.45, 2.75) is 38.8 Å². The van der Waals surface area contributed by atoms with Crippen LogP contribution in [-0.4, -0.2) is 27.4 Å². The molecule has 3 aromatic rings. The molecule has 5 nitrogen and oxygen atoms in total. The number of hydrogen-bond acceptors (Lipinski definition) is 5. The van der Waals surface area contributed by atoms with Gasteiger partial charge in [-0.15, -0.1) is 11.3 Å². The van der Waals surface area contributed by atoms with Gasteiger partial charge in [-0.2, -0.15) is 0 Å². The molecule has 0 aliphatic rings. The molecule has 0 radical (unpaired) electrons. The number of aliphatic hydroxyl groups is 1. The van der Waals surface area contributed by atoms with Crippen molar-refractivity contribution in [2.75, 3.05) is 6.61 Å². The summed E-state index contributed by atoms with van der Waals surface area (Å²) in [7, 11) is 0. The maximum absolute atomic E-state index is 12.4. The van der Waals surface area contributed by atoms with Gasteiger partial charge >= 0.3 is 0 Å². The Labute approximate surface area is 150 Å². The average molecular weight is 358 g/mol.